The van der Waals surface area contributed by atoms with Crippen molar-refractivity contribution in [2.75, 3.05) is 5.73 Å². The molecule has 0 aliphatic rings. The van der Waals surface area contributed by atoms with Crippen LogP contribution in [0.25, 0.3) is 33.4 Å². The van der Waals surface area contributed by atoms with E-state index < -0.39 is 5.63 Å². The van der Waals surface area contributed by atoms with Gasteiger partial charge in [0, 0.05) is 5.56 Å². The van der Waals surface area contributed by atoms with E-state index in [1.165, 1.54) is 0 Å². The fourth-order valence-corrected chi connectivity index (χ4v) is 3.18. The monoisotopic (exact) mass is 369 g/mol. The summed E-state index contributed by atoms with van der Waals surface area (Å²) in [4.78, 5) is 16.8. The van der Waals surface area contributed by atoms with Gasteiger partial charge in [-0.2, -0.15) is 5.26 Å². The van der Waals surface area contributed by atoms with Crippen molar-refractivity contribution in [2.24, 2.45) is 0 Å². The first-order valence-corrected chi connectivity index (χ1v) is 8.52. The SMILES string of the molecule is Cc1ccc2oc(=O)c(-c3cc(-c4ccccc4)c(C#N)c(N)n3)c(O)c2c1. The predicted octanol–water partition coefficient (Wildman–Crippen LogP) is 3.99. The molecule has 2 aromatic heterocycles. The minimum absolute atomic E-state index is 0.0259. The number of aryl methyl sites for hydroxylation is 1. The standard InChI is InChI=1S/C22H15N3O3/c1-12-7-8-18-15(9-12)20(26)19(22(27)28-18)17-10-14(13-5-3-2-4-6-13)16(11-23)21(24)25-17/h2-10,26H,1H3,(H2,24,25). The first-order valence-electron chi connectivity index (χ1n) is 8.52. The highest BCUT2D eigenvalue weighted by molar-refractivity contribution is 5.91. The molecule has 0 radical (unpaired) electrons. The number of anilines is 1. The Morgan fingerprint density at radius 3 is 2.61 bits per heavy atom. The first-order chi connectivity index (χ1) is 13.5. The molecule has 0 fully saturated rings. The smallest absolute Gasteiger partial charge is 0.349 e. The molecule has 3 N–H and O–H groups in total. The van der Waals surface area contributed by atoms with Gasteiger partial charge in [0.05, 0.1) is 11.1 Å². The lowest BCUT2D eigenvalue weighted by molar-refractivity contribution is 0.471. The van der Waals surface area contributed by atoms with Crippen molar-refractivity contribution in [1.29, 1.82) is 5.26 Å². The highest BCUT2D eigenvalue weighted by Crippen LogP contribution is 2.36. The van der Waals surface area contributed by atoms with Crippen LogP contribution in [-0.2, 0) is 0 Å². The average Bonchev–Trinajstić information content (AvgIpc) is 2.69. The molecular formula is C22H15N3O3. The number of rotatable bonds is 2. The van der Waals surface area contributed by atoms with Crippen molar-refractivity contribution >= 4 is 16.8 Å². The zero-order chi connectivity index (χ0) is 19.8. The van der Waals surface area contributed by atoms with Crippen LogP contribution in [0.2, 0.25) is 0 Å². The quantitative estimate of drug-likeness (QED) is 0.517. The molecule has 6 nitrogen and oxygen atoms in total. The second-order valence-corrected chi connectivity index (χ2v) is 6.41. The lowest BCUT2D eigenvalue weighted by Gasteiger charge is -2.11. The molecule has 0 amide bonds. The second-order valence-electron chi connectivity index (χ2n) is 6.41. The van der Waals surface area contributed by atoms with Gasteiger partial charge < -0.3 is 15.3 Å². The summed E-state index contributed by atoms with van der Waals surface area (Å²) < 4.78 is 5.36. The van der Waals surface area contributed by atoms with Crippen LogP contribution in [-0.4, -0.2) is 10.1 Å². The summed E-state index contributed by atoms with van der Waals surface area (Å²) in [5.74, 6) is -0.257. The largest absolute Gasteiger partial charge is 0.506 e. The third-order valence-electron chi connectivity index (χ3n) is 4.53. The lowest BCUT2D eigenvalue weighted by Crippen LogP contribution is -2.07. The topological polar surface area (TPSA) is 113 Å². The molecule has 2 heterocycles. The number of hydrogen-bond donors (Lipinski definition) is 2. The fraction of sp³-hybridized carbons (Fsp3) is 0.0455. The van der Waals surface area contributed by atoms with E-state index in [0.29, 0.717) is 10.9 Å². The van der Waals surface area contributed by atoms with Crippen molar-refractivity contribution in [3.05, 3.63) is 76.1 Å². The number of aromatic nitrogens is 1. The van der Waals surface area contributed by atoms with E-state index in [0.717, 1.165) is 11.1 Å². The molecule has 28 heavy (non-hydrogen) atoms. The van der Waals surface area contributed by atoms with Crippen LogP contribution in [0.3, 0.4) is 0 Å². The molecule has 2 aromatic carbocycles. The number of fused-ring (bicyclic) bond motifs is 1. The minimum Gasteiger partial charge on any atom is -0.506 e. The van der Waals surface area contributed by atoms with Crippen molar-refractivity contribution in [1.82, 2.24) is 4.98 Å². The Labute approximate surface area is 160 Å². The van der Waals surface area contributed by atoms with Crippen LogP contribution >= 0.6 is 0 Å². The van der Waals surface area contributed by atoms with Gasteiger partial charge in [-0.3, -0.25) is 0 Å². The maximum absolute atomic E-state index is 12.6. The Morgan fingerprint density at radius 1 is 1.14 bits per heavy atom. The van der Waals surface area contributed by atoms with E-state index in [-0.39, 0.29) is 34.0 Å². The van der Waals surface area contributed by atoms with Crippen LogP contribution < -0.4 is 11.4 Å². The third kappa shape index (κ3) is 2.75. The maximum atomic E-state index is 12.6. The van der Waals surface area contributed by atoms with Gasteiger partial charge in [0.15, 0.2) is 0 Å². The van der Waals surface area contributed by atoms with Gasteiger partial charge in [0.25, 0.3) is 0 Å². The van der Waals surface area contributed by atoms with Gasteiger partial charge in [0.1, 0.15) is 34.3 Å². The molecule has 6 heteroatoms. The van der Waals surface area contributed by atoms with E-state index in [4.69, 9.17) is 10.2 Å². The summed E-state index contributed by atoms with van der Waals surface area (Å²) >= 11 is 0. The molecule has 0 saturated carbocycles. The first kappa shape index (κ1) is 17.3. The summed E-state index contributed by atoms with van der Waals surface area (Å²) in [5, 5.41) is 20.7. The number of pyridine rings is 1. The van der Waals surface area contributed by atoms with Crippen molar-refractivity contribution < 1.29 is 9.52 Å². The van der Waals surface area contributed by atoms with Crippen molar-refractivity contribution in [3.8, 4) is 34.2 Å². The van der Waals surface area contributed by atoms with Crippen molar-refractivity contribution in [3.63, 3.8) is 0 Å². The maximum Gasteiger partial charge on any atom is 0.349 e. The number of benzene rings is 2. The molecular weight excluding hydrogens is 354 g/mol. The number of nitriles is 1. The van der Waals surface area contributed by atoms with Gasteiger partial charge in [0.2, 0.25) is 0 Å². The molecule has 4 rings (SSSR count). The highest BCUT2D eigenvalue weighted by atomic mass is 16.4. The van der Waals surface area contributed by atoms with E-state index in [2.05, 4.69) is 11.1 Å². The number of aromatic hydroxyl groups is 1. The molecule has 0 bridgehead atoms. The van der Waals surface area contributed by atoms with Gasteiger partial charge in [-0.05, 0) is 30.7 Å². The number of hydrogen-bond acceptors (Lipinski definition) is 6. The molecule has 136 valence electrons. The summed E-state index contributed by atoms with van der Waals surface area (Å²) in [6, 6.07) is 17.9. The summed E-state index contributed by atoms with van der Waals surface area (Å²) in [7, 11) is 0. The van der Waals surface area contributed by atoms with E-state index in [1.54, 1.807) is 24.3 Å². The molecule has 0 aliphatic heterocycles. The van der Waals surface area contributed by atoms with E-state index >= 15 is 0 Å². The number of nitrogens with two attached hydrogens (primary N) is 1. The van der Waals surface area contributed by atoms with Crippen LogP contribution in [0.1, 0.15) is 11.1 Å². The average molecular weight is 369 g/mol. The lowest BCUT2D eigenvalue weighted by atomic mass is 9.98. The highest BCUT2D eigenvalue weighted by Gasteiger charge is 2.20. The zero-order valence-corrected chi connectivity index (χ0v) is 14.9. The normalized spacial score (nSPS) is 10.7. The second kappa shape index (κ2) is 6.56. The van der Waals surface area contributed by atoms with Crippen molar-refractivity contribution in [2.45, 2.75) is 6.92 Å². The van der Waals surface area contributed by atoms with E-state index in [1.807, 2.05) is 37.3 Å². The van der Waals surface area contributed by atoms with Gasteiger partial charge in [-0.1, -0.05) is 42.0 Å². The van der Waals surface area contributed by atoms with E-state index in [9.17, 15) is 15.2 Å². The van der Waals surface area contributed by atoms with Crippen LogP contribution in [0.4, 0.5) is 5.82 Å². The Balaban J connectivity index is 2.05. The van der Waals surface area contributed by atoms with Gasteiger partial charge in [-0.15, -0.1) is 0 Å². The molecule has 0 unspecified atom stereocenters. The summed E-state index contributed by atoms with van der Waals surface area (Å²) in [6.07, 6.45) is 0. The van der Waals surface area contributed by atoms with Crippen LogP contribution in [0.5, 0.6) is 5.75 Å². The third-order valence-corrected chi connectivity index (χ3v) is 4.53. The zero-order valence-electron chi connectivity index (χ0n) is 14.9. The van der Waals surface area contributed by atoms with Gasteiger partial charge >= 0.3 is 5.63 Å². The Bertz CT molecular complexity index is 1320. The fourth-order valence-electron chi connectivity index (χ4n) is 3.18. The van der Waals surface area contributed by atoms with Gasteiger partial charge in [-0.25, -0.2) is 9.78 Å². The summed E-state index contributed by atoms with van der Waals surface area (Å²) in [6.45, 7) is 1.87. The predicted molar refractivity (Wildman–Crippen MR) is 107 cm³/mol. The molecule has 0 spiro atoms. The Hall–Kier alpha value is -4.11. The number of nitrogens with zero attached hydrogens (tertiary/aromatic N) is 2. The van der Waals surface area contributed by atoms with Crippen LogP contribution in [0, 0.1) is 18.3 Å². The molecule has 0 atom stereocenters. The Morgan fingerprint density at radius 2 is 1.89 bits per heavy atom. The Kier molecular flexibility index (Phi) is 4.06. The minimum atomic E-state index is -0.732. The number of nitrogen functional groups attached to an aromatic ring is 1. The molecule has 4 aromatic rings. The molecule has 0 saturated heterocycles. The van der Waals surface area contributed by atoms with Crippen LogP contribution in [0.15, 0.2) is 63.8 Å². The molecule has 0 aliphatic carbocycles. The summed E-state index contributed by atoms with van der Waals surface area (Å²) in [5.41, 5.74) is 7.97.